The summed E-state index contributed by atoms with van der Waals surface area (Å²) in [7, 11) is 0. The molecule has 0 saturated carbocycles. The van der Waals surface area contributed by atoms with E-state index in [2.05, 4.69) is 25.5 Å². The average Bonchev–Trinajstić information content (AvgIpc) is 3.45. The van der Waals surface area contributed by atoms with Gasteiger partial charge >= 0.3 is 0 Å². The fourth-order valence-corrected chi connectivity index (χ4v) is 3.27. The second kappa shape index (κ2) is 7.25. The number of anilines is 1. The first kappa shape index (κ1) is 17.7. The standard InChI is InChI=1S/C22H16N6O2/c1-14-20-18(11-19(26-22(20)30-27-14)15-5-3-2-4-6-15)21(29)25-16-7-9-17(10-8-16)28-13-23-12-24-28/h2-13H,1H3,(H,25,29). The number of rotatable bonds is 4. The maximum Gasteiger partial charge on any atom is 0.259 e. The third kappa shape index (κ3) is 3.20. The number of nitrogens with one attached hydrogen (secondary N) is 1. The molecule has 0 bridgehead atoms. The van der Waals surface area contributed by atoms with E-state index in [1.165, 1.54) is 6.33 Å². The lowest BCUT2D eigenvalue weighted by molar-refractivity contribution is 0.102. The number of fused-ring (bicyclic) bond motifs is 1. The number of hydrogen-bond donors (Lipinski definition) is 1. The number of hydrogen-bond acceptors (Lipinski definition) is 6. The van der Waals surface area contributed by atoms with Crippen LogP contribution < -0.4 is 5.32 Å². The molecule has 2 aromatic carbocycles. The molecule has 0 saturated heterocycles. The molecule has 8 nitrogen and oxygen atoms in total. The van der Waals surface area contributed by atoms with Crippen LogP contribution in [-0.2, 0) is 0 Å². The van der Waals surface area contributed by atoms with Crippen molar-refractivity contribution in [2.75, 3.05) is 5.32 Å². The lowest BCUT2D eigenvalue weighted by Crippen LogP contribution is -2.13. The van der Waals surface area contributed by atoms with Gasteiger partial charge in [0.2, 0.25) is 0 Å². The number of benzene rings is 2. The van der Waals surface area contributed by atoms with Crippen molar-refractivity contribution in [1.29, 1.82) is 0 Å². The molecule has 1 amide bonds. The molecule has 0 unspecified atom stereocenters. The number of pyridine rings is 1. The van der Waals surface area contributed by atoms with Crippen molar-refractivity contribution in [3.8, 4) is 16.9 Å². The van der Waals surface area contributed by atoms with Crippen LogP contribution in [0.5, 0.6) is 0 Å². The number of carbonyl (C=O) groups excluding carboxylic acids is 1. The van der Waals surface area contributed by atoms with Gasteiger partial charge in [-0.3, -0.25) is 4.79 Å². The number of amides is 1. The molecule has 0 aliphatic carbocycles. The molecule has 0 aliphatic heterocycles. The molecule has 5 rings (SSSR count). The van der Waals surface area contributed by atoms with Crippen LogP contribution in [0.15, 0.2) is 77.8 Å². The van der Waals surface area contributed by atoms with Crippen molar-refractivity contribution in [1.82, 2.24) is 24.9 Å². The quantitative estimate of drug-likeness (QED) is 0.492. The molecule has 3 heterocycles. The summed E-state index contributed by atoms with van der Waals surface area (Å²) < 4.78 is 7.00. The first-order valence-electron chi connectivity index (χ1n) is 9.28. The van der Waals surface area contributed by atoms with Gasteiger partial charge in [-0.25, -0.2) is 14.6 Å². The lowest BCUT2D eigenvalue weighted by Gasteiger charge is -2.09. The topological polar surface area (TPSA) is 98.7 Å². The van der Waals surface area contributed by atoms with Crippen molar-refractivity contribution >= 4 is 22.7 Å². The Morgan fingerprint density at radius 3 is 2.60 bits per heavy atom. The van der Waals surface area contributed by atoms with Gasteiger partial charge in [-0.1, -0.05) is 35.5 Å². The molecule has 0 radical (unpaired) electrons. The normalized spacial score (nSPS) is 11.0. The summed E-state index contributed by atoms with van der Waals surface area (Å²) in [5.74, 6) is -0.264. The number of nitrogens with zero attached hydrogens (tertiary/aromatic N) is 5. The molecule has 146 valence electrons. The van der Waals surface area contributed by atoms with Gasteiger partial charge in [0, 0.05) is 11.3 Å². The fourth-order valence-electron chi connectivity index (χ4n) is 3.27. The summed E-state index contributed by atoms with van der Waals surface area (Å²) in [5.41, 5.74) is 4.44. The number of aryl methyl sites for hydroxylation is 1. The van der Waals surface area contributed by atoms with Crippen LogP contribution >= 0.6 is 0 Å². The van der Waals surface area contributed by atoms with E-state index in [1.54, 1.807) is 24.0 Å². The Morgan fingerprint density at radius 2 is 1.87 bits per heavy atom. The van der Waals surface area contributed by atoms with Crippen LogP contribution in [0.4, 0.5) is 5.69 Å². The molecule has 0 atom stereocenters. The van der Waals surface area contributed by atoms with E-state index >= 15 is 0 Å². The molecule has 0 aliphatic rings. The first-order valence-corrected chi connectivity index (χ1v) is 9.28. The molecule has 0 fully saturated rings. The van der Waals surface area contributed by atoms with E-state index < -0.39 is 0 Å². The van der Waals surface area contributed by atoms with Crippen molar-refractivity contribution < 1.29 is 9.32 Å². The van der Waals surface area contributed by atoms with Crippen LogP contribution in [0.25, 0.3) is 28.0 Å². The monoisotopic (exact) mass is 396 g/mol. The summed E-state index contributed by atoms with van der Waals surface area (Å²) >= 11 is 0. The third-order valence-corrected chi connectivity index (χ3v) is 4.74. The first-order chi connectivity index (χ1) is 14.7. The van der Waals surface area contributed by atoms with Gasteiger partial charge in [-0.05, 0) is 37.3 Å². The van der Waals surface area contributed by atoms with Gasteiger partial charge < -0.3 is 9.84 Å². The number of aromatic nitrogens is 5. The molecular weight excluding hydrogens is 380 g/mol. The molecule has 8 heteroatoms. The van der Waals surface area contributed by atoms with E-state index in [-0.39, 0.29) is 5.91 Å². The predicted octanol–water partition coefficient (Wildman–Crippen LogP) is 4.03. The van der Waals surface area contributed by atoms with E-state index in [0.29, 0.717) is 33.7 Å². The minimum atomic E-state index is -0.264. The molecule has 30 heavy (non-hydrogen) atoms. The van der Waals surface area contributed by atoms with Crippen molar-refractivity contribution in [3.63, 3.8) is 0 Å². The zero-order chi connectivity index (χ0) is 20.5. The maximum atomic E-state index is 13.1. The minimum absolute atomic E-state index is 0.264. The van der Waals surface area contributed by atoms with Crippen molar-refractivity contribution in [3.05, 3.63) is 84.6 Å². The highest BCUT2D eigenvalue weighted by molar-refractivity contribution is 6.13. The summed E-state index contributed by atoms with van der Waals surface area (Å²) in [6.45, 7) is 1.79. The Morgan fingerprint density at radius 1 is 1.07 bits per heavy atom. The van der Waals surface area contributed by atoms with Crippen LogP contribution in [0.3, 0.4) is 0 Å². The Hall–Kier alpha value is -4.33. The zero-order valence-electron chi connectivity index (χ0n) is 16.0. The number of carbonyl (C=O) groups is 1. The van der Waals surface area contributed by atoms with Crippen LogP contribution in [0.1, 0.15) is 16.1 Å². The molecule has 1 N–H and O–H groups in total. The second-order valence-electron chi connectivity index (χ2n) is 6.71. The minimum Gasteiger partial charge on any atom is -0.335 e. The average molecular weight is 396 g/mol. The summed E-state index contributed by atoms with van der Waals surface area (Å²) in [6.07, 6.45) is 3.08. The van der Waals surface area contributed by atoms with E-state index in [4.69, 9.17) is 4.52 Å². The Labute approximate surface area is 171 Å². The maximum absolute atomic E-state index is 13.1. The van der Waals surface area contributed by atoms with Gasteiger partial charge in [0.05, 0.1) is 28.0 Å². The highest BCUT2D eigenvalue weighted by atomic mass is 16.5. The van der Waals surface area contributed by atoms with E-state index in [9.17, 15) is 4.79 Å². The third-order valence-electron chi connectivity index (χ3n) is 4.74. The van der Waals surface area contributed by atoms with Gasteiger partial charge in [-0.2, -0.15) is 5.10 Å². The smallest absolute Gasteiger partial charge is 0.259 e. The van der Waals surface area contributed by atoms with Gasteiger partial charge in [-0.15, -0.1) is 0 Å². The Balaban J connectivity index is 1.50. The largest absolute Gasteiger partial charge is 0.335 e. The van der Waals surface area contributed by atoms with E-state index in [0.717, 1.165) is 11.3 Å². The van der Waals surface area contributed by atoms with E-state index in [1.807, 2.05) is 54.6 Å². The zero-order valence-corrected chi connectivity index (χ0v) is 16.0. The molecular formula is C22H16N6O2. The predicted molar refractivity (Wildman–Crippen MR) is 111 cm³/mol. The van der Waals surface area contributed by atoms with Gasteiger partial charge in [0.1, 0.15) is 12.7 Å². The molecule has 5 aromatic rings. The van der Waals surface area contributed by atoms with Crippen molar-refractivity contribution in [2.24, 2.45) is 0 Å². The lowest BCUT2D eigenvalue weighted by atomic mass is 10.0. The Bertz CT molecular complexity index is 1330. The molecule has 3 aromatic heterocycles. The Kier molecular flexibility index (Phi) is 4.29. The summed E-state index contributed by atoms with van der Waals surface area (Å²) in [5, 5.41) is 11.6. The fraction of sp³-hybridized carbons (Fsp3) is 0.0455. The van der Waals surface area contributed by atoms with Crippen molar-refractivity contribution in [2.45, 2.75) is 6.92 Å². The van der Waals surface area contributed by atoms with Gasteiger partial charge in [0.15, 0.2) is 0 Å². The highest BCUT2D eigenvalue weighted by Crippen LogP contribution is 2.27. The second-order valence-corrected chi connectivity index (χ2v) is 6.71. The highest BCUT2D eigenvalue weighted by Gasteiger charge is 2.19. The van der Waals surface area contributed by atoms with Crippen LogP contribution in [0, 0.1) is 6.92 Å². The van der Waals surface area contributed by atoms with Gasteiger partial charge in [0.25, 0.3) is 11.6 Å². The molecule has 0 spiro atoms. The summed E-state index contributed by atoms with van der Waals surface area (Å²) in [6, 6.07) is 18.7. The van der Waals surface area contributed by atoms with Crippen LogP contribution in [-0.4, -0.2) is 30.8 Å². The summed E-state index contributed by atoms with van der Waals surface area (Å²) in [4.78, 5) is 21.6. The SMILES string of the molecule is Cc1noc2nc(-c3ccccc3)cc(C(=O)Nc3ccc(-n4cncn4)cc3)c12. The van der Waals surface area contributed by atoms with Crippen LogP contribution in [0.2, 0.25) is 0 Å².